The summed E-state index contributed by atoms with van der Waals surface area (Å²) < 4.78 is 1.78. The number of aromatic nitrogens is 3. The molecular formula is C11H13N3OS. The van der Waals surface area contributed by atoms with Gasteiger partial charge in [0.1, 0.15) is 5.82 Å². The van der Waals surface area contributed by atoms with E-state index in [0.29, 0.717) is 5.82 Å². The third kappa shape index (κ3) is 1.90. The van der Waals surface area contributed by atoms with Crippen molar-refractivity contribution < 1.29 is 4.79 Å². The molecule has 84 valence electrons. The van der Waals surface area contributed by atoms with Gasteiger partial charge in [-0.05, 0) is 19.1 Å². The third-order valence-corrected chi connectivity index (χ3v) is 3.52. The Morgan fingerprint density at radius 2 is 2.25 bits per heavy atom. The first-order valence-corrected chi connectivity index (χ1v) is 5.94. The SMILES string of the molecule is CCc1nc(-c2ccc(C(C)=O)s2)nn1C. The molecule has 0 aliphatic carbocycles. The number of carbonyl (C=O) groups excluding carboxylic acids is 1. The Kier molecular flexibility index (Phi) is 2.87. The molecule has 5 heteroatoms. The molecular weight excluding hydrogens is 222 g/mol. The van der Waals surface area contributed by atoms with Crippen LogP contribution in [0, 0.1) is 0 Å². The minimum Gasteiger partial charge on any atom is -0.294 e. The van der Waals surface area contributed by atoms with Crippen molar-refractivity contribution in [2.24, 2.45) is 7.05 Å². The van der Waals surface area contributed by atoms with E-state index in [-0.39, 0.29) is 5.78 Å². The van der Waals surface area contributed by atoms with Crippen LogP contribution in [0.4, 0.5) is 0 Å². The zero-order chi connectivity index (χ0) is 11.7. The van der Waals surface area contributed by atoms with Crippen LogP contribution in [-0.2, 0) is 13.5 Å². The number of aryl methyl sites for hydroxylation is 2. The third-order valence-electron chi connectivity index (χ3n) is 2.34. The van der Waals surface area contributed by atoms with Crippen LogP contribution in [-0.4, -0.2) is 20.5 Å². The van der Waals surface area contributed by atoms with E-state index >= 15 is 0 Å². The minimum absolute atomic E-state index is 0.0860. The summed E-state index contributed by atoms with van der Waals surface area (Å²) in [4.78, 5) is 17.3. The molecule has 0 radical (unpaired) electrons. The van der Waals surface area contributed by atoms with Crippen molar-refractivity contribution >= 4 is 17.1 Å². The molecule has 0 unspecified atom stereocenters. The number of rotatable bonds is 3. The minimum atomic E-state index is 0.0860. The van der Waals surface area contributed by atoms with Crippen LogP contribution in [0.3, 0.4) is 0 Å². The Morgan fingerprint density at radius 3 is 2.75 bits per heavy atom. The lowest BCUT2D eigenvalue weighted by atomic mass is 10.3. The van der Waals surface area contributed by atoms with Crippen molar-refractivity contribution in [2.45, 2.75) is 20.3 Å². The van der Waals surface area contributed by atoms with E-state index in [1.165, 1.54) is 11.3 Å². The van der Waals surface area contributed by atoms with Crippen LogP contribution in [0.15, 0.2) is 12.1 Å². The maximum absolute atomic E-state index is 11.2. The van der Waals surface area contributed by atoms with Crippen molar-refractivity contribution in [3.8, 4) is 10.7 Å². The summed E-state index contributed by atoms with van der Waals surface area (Å²) in [6.45, 7) is 3.61. The maximum Gasteiger partial charge on any atom is 0.191 e. The normalized spacial score (nSPS) is 10.7. The highest BCUT2D eigenvalue weighted by Gasteiger charge is 2.11. The maximum atomic E-state index is 11.2. The number of Topliss-reactive ketones (excluding diaryl/α,β-unsaturated/α-hetero) is 1. The van der Waals surface area contributed by atoms with Gasteiger partial charge in [0.15, 0.2) is 11.6 Å². The Morgan fingerprint density at radius 1 is 1.50 bits per heavy atom. The summed E-state index contributed by atoms with van der Waals surface area (Å²) in [5, 5.41) is 4.33. The highest BCUT2D eigenvalue weighted by atomic mass is 32.1. The second kappa shape index (κ2) is 4.17. The molecule has 0 saturated carbocycles. The number of carbonyl (C=O) groups is 1. The van der Waals surface area contributed by atoms with Gasteiger partial charge in [0.25, 0.3) is 0 Å². The van der Waals surface area contributed by atoms with Gasteiger partial charge in [-0.3, -0.25) is 9.48 Å². The Hall–Kier alpha value is -1.49. The van der Waals surface area contributed by atoms with Crippen molar-refractivity contribution in [3.05, 3.63) is 22.8 Å². The van der Waals surface area contributed by atoms with E-state index in [1.807, 2.05) is 26.1 Å². The second-order valence-electron chi connectivity index (χ2n) is 3.55. The molecule has 0 amide bonds. The summed E-state index contributed by atoms with van der Waals surface area (Å²) in [7, 11) is 1.88. The predicted molar refractivity (Wildman–Crippen MR) is 63.7 cm³/mol. The highest BCUT2D eigenvalue weighted by Crippen LogP contribution is 2.25. The van der Waals surface area contributed by atoms with Crippen LogP contribution in [0.2, 0.25) is 0 Å². The Labute approximate surface area is 97.9 Å². The fourth-order valence-corrected chi connectivity index (χ4v) is 2.31. The molecule has 0 aliphatic rings. The summed E-state index contributed by atoms with van der Waals surface area (Å²) in [6.07, 6.45) is 0.856. The van der Waals surface area contributed by atoms with E-state index < -0.39 is 0 Å². The van der Waals surface area contributed by atoms with Crippen molar-refractivity contribution in [1.29, 1.82) is 0 Å². The molecule has 2 heterocycles. The molecule has 0 saturated heterocycles. The number of ketones is 1. The number of nitrogens with zero attached hydrogens (tertiary/aromatic N) is 3. The molecule has 4 nitrogen and oxygen atoms in total. The molecule has 2 rings (SSSR count). The van der Waals surface area contributed by atoms with Crippen molar-refractivity contribution in [3.63, 3.8) is 0 Å². The summed E-state index contributed by atoms with van der Waals surface area (Å²) in [6, 6.07) is 3.72. The fraction of sp³-hybridized carbons (Fsp3) is 0.364. The molecule has 0 bridgehead atoms. The number of hydrogen-bond acceptors (Lipinski definition) is 4. The molecule has 0 N–H and O–H groups in total. The van der Waals surface area contributed by atoms with E-state index in [1.54, 1.807) is 11.6 Å². The first kappa shape index (κ1) is 11.0. The van der Waals surface area contributed by atoms with Crippen LogP contribution >= 0.6 is 11.3 Å². The smallest absolute Gasteiger partial charge is 0.191 e. The summed E-state index contributed by atoms with van der Waals surface area (Å²) >= 11 is 1.44. The lowest BCUT2D eigenvalue weighted by Crippen LogP contribution is -1.96. The van der Waals surface area contributed by atoms with Gasteiger partial charge in [-0.2, -0.15) is 5.10 Å². The van der Waals surface area contributed by atoms with E-state index in [9.17, 15) is 4.79 Å². The molecule has 0 spiro atoms. The molecule has 0 atom stereocenters. The zero-order valence-corrected chi connectivity index (χ0v) is 10.3. The van der Waals surface area contributed by atoms with Crippen LogP contribution in [0.25, 0.3) is 10.7 Å². The first-order chi connectivity index (χ1) is 7.61. The predicted octanol–water partition coefficient (Wildman–Crippen LogP) is 2.31. The Bertz CT molecular complexity index is 527. The Balaban J connectivity index is 2.38. The van der Waals surface area contributed by atoms with E-state index in [0.717, 1.165) is 22.0 Å². The van der Waals surface area contributed by atoms with Gasteiger partial charge in [0.05, 0.1) is 9.75 Å². The molecule has 0 aliphatic heterocycles. The summed E-state index contributed by atoms with van der Waals surface area (Å²) in [5.74, 6) is 1.74. The molecule has 0 fully saturated rings. The van der Waals surface area contributed by atoms with Gasteiger partial charge in [-0.25, -0.2) is 4.98 Å². The molecule has 16 heavy (non-hydrogen) atoms. The lowest BCUT2D eigenvalue weighted by Gasteiger charge is -1.90. The van der Waals surface area contributed by atoms with Crippen LogP contribution in [0.5, 0.6) is 0 Å². The van der Waals surface area contributed by atoms with Gasteiger partial charge in [-0.1, -0.05) is 6.92 Å². The van der Waals surface area contributed by atoms with E-state index in [4.69, 9.17) is 0 Å². The standard InChI is InChI=1S/C11H13N3OS/c1-4-10-12-11(13-14(10)3)9-6-5-8(16-9)7(2)15/h5-6H,4H2,1-3H3. The average Bonchev–Trinajstić information content (AvgIpc) is 2.83. The van der Waals surface area contributed by atoms with Gasteiger partial charge < -0.3 is 0 Å². The van der Waals surface area contributed by atoms with Crippen LogP contribution < -0.4 is 0 Å². The topological polar surface area (TPSA) is 47.8 Å². The highest BCUT2D eigenvalue weighted by molar-refractivity contribution is 7.17. The number of hydrogen-bond donors (Lipinski definition) is 0. The second-order valence-corrected chi connectivity index (χ2v) is 4.63. The fourth-order valence-electron chi connectivity index (χ4n) is 1.48. The largest absolute Gasteiger partial charge is 0.294 e. The van der Waals surface area contributed by atoms with Crippen LogP contribution in [0.1, 0.15) is 29.3 Å². The summed E-state index contributed by atoms with van der Waals surface area (Å²) in [5.41, 5.74) is 0. The van der Waals surface area contributed by atoms with E-state index in [2.05, 4.69) is 10.1 Å². The first-order valence-electron chi connectivity index (χ1n) is 5.13. The molecule has 2 aromatic rings. The quantitative estimate of drug-likeness (QED) is 0.767. The number of thiophene rings is 1. The van der Waals surface area contributed by atoms with Gasteiger partial charge >= 0.3 is 0 Å². The average molecular weight is 235 g/mol. The van der Waals surface area contributed by atoms with Gasteiger partial charge in [0.2, 0.25) is 0 Å². The van der Waals surface area contributed by atoms with Gasteiger partial charge in [0, 0.05) is 13.5 Å². The molecule has 2 aromatic heterocycles. The monoisotopic (exact) mass is 235 g/mol. The zero-order valence-electron chi connectivity index (χ0n) is 9.52. The van der Waals surface area contributed by atoms with Gasteiger partial charge in [-0.15, -0.1) is 11.3 Å². The molecule has 0 aromatic carbocycles. The van der Waals surface area contributed by atoms with Crippen molar-refractivity contribution in [2.75, 3.05) is 0 Å². The lowest BCUT2D eigenvalue weighted by molar-refractivity contribution is 0.102. The van der Waals surface area contributed by atoms with Crippen molar-refractivity contribution in [1.82, 2.24) is 14.8 Å².